The number of hydrogen-bond acceptors (Lipinski definition) is 7. The Hall–Kier alpha value is -2.52. The van der Waals surface area contributed by atoms with Gasteiger partial charge in [-0.3, -0.25) is 9.79 Å². The minimum absolute atomic E-state index is 0.0681. The van der Waals surface area contributed by atoms with Crippen LogP contribution in [-0.4, -0.2) is 55.9 Å². The number of nitrogens with one attached hydrogen (secondary N) is 1. The first-order chi connectivity index (χ1) is 14.3. The summed E-state index contributed by atoms with van der Waals surface area (Å²) in [5.74, 6) is 0.671. The van der Waals surface area contributed by atoms with E-state index < -0.39 is 9.84 Å². The minimum atomic E-state index is -3.03. The third kappa shape index (κ3) is 4.62. The second kappa shape index (κ2) is 8.31. The second-order valence-corrected chi connectivity index (χ2v) is 10.8. The maximum absolute atomic E-state index is 12.8. The molecule has 2 atom stereocenters. The number of carbonyl (C=O) groups is 1. The number of sulfone groups is 1. The van der Waals surface area contributed by atoms with Crippen LogP contribution < -0.4 is 15.0 Å². The SMILES string of the molecule is COc1cccc(NC(=O)CN(C2=N[C@H]3CS(=O)(=O)C[C@@H]3S2)c2cccc(C)c2)c1. The van der Waals surface area contributed by atoms with Gasteiger partial charge < -0.3 is 15.0 Å². The Morgan fingerprint density at radius 1 is 1.23 bits per heavy atom. The van der Waals surface area contributed by atoms with Gasteiger partial charge in [0.25, 0.3) is 0 Å². The number of benzene rings is 2. The van der Waals surface area contributed by atoms with Crippen LogP contribution in [0.15, 0.2) is 53.5 Å². The molecule has 2 aromatic carbocycles. The topological polar surface area (TPSA) is 88.1 Å². The summed E-state index contributed by atoms with van der Waals surface area (Å²) in [7, 11) is -1.46. The van der Waals surface area contributed by atoms with E-state index in [-0.39, 0.29) is 35.2 Å². The van der Waals surface area contributed by atoms with Gasteiger partial charge >= 0.3 is 0 Å². The number of aryl methyl sites for hydroxylation is 1. The summed E-state index contributed by atoms with van der Waals surface area (Å²) >= 11 is 1.44. The largest absolute Gasteiger partial charge is 0.497 e. The van der Waals surface area contributed by atoms with E-state index in [2.05, 4.69) is 10.3 Å². The van der Waals surface area contributed by atoms with Crippen LogP contribution >= 0.6 is 11.8 Å². The molecule has 2 aliphatic heterocycles. The molecule has 0 unspecified atom stereocenters. The fraction of sp³-hybridized carbons (Fsp3) is 0.333. The number of fused-ring (bicyclic) bond motifs is 1. The molecule has 2 aromatic rings. The average molecular weight is 446 g/mol. The Morgan fingerprint density at radius 3 is 2.77 bits per heavy atom. The molecule has 1 N–H and O–H groups in total. The highest BCUT2D eigenvalue weighted by Crippen LogP contribution is 2.37. The summed E-state index contributed by atoms with van der Waals surface area (Å²) in [6.07, 6.45) is 0. The maximum atomic E-state index is 12.8. The van der Waals surface area contributed by atoms with Gasteiger partial charge in [-0.05, 0) is 36.8 Å². The predicted octanol–water partition coefficient (Wildman–Crippen LogP) is 2.72. The van der Waals surface area contributed by atoms with E-state index in [4.69, 9.17) is 4.74 Å². The summed E-state index contributed by atoms with van der Waals surface area (Å²) in [6, 6.07) is 14.8. The number of rotatable bonds is 5. The molecule has 0 aliphatic carbocycles. The van der Waals surface area contributed by atoms with Gasteiger partial charge in [0.05, 0.1) is 24.7 Å². The summed E-state index contributed by atoms with van der Waals surface area (Å²) in [5.41, 5.74) is 2.56. The van der Waals surface area contributed by atoms with Crippen LogP contribution in [0.4, 0.5) is 11.4 Å². The lowest BCUT2D eigenvalue weighted by Crippen LogP contribution is -2.36. The maximum Gasteiger partial charge on any atom is 0.244 e. The van der Waals surface area contributed by atoms with Crippen LogP contribution in [0, 0.1) is 6.92 Å². The number of methoxy groups -OCH3 is 1. The minimum Gasteiger partial charge on any atom is -0.497 e. The van der Waals surface area contributed by atoms with Gasteiger partial charge in [-0.25, -0.2) is 8.42 Å². The molecule has 4 rings (SSSR count). The van der Waals surface area contributed by atoms with E-state index in [0.29, 0.717) is 16.6 Å². The van der Waals surface area contributed by atoms with Crippen LogP contribution in [-0.2, 0) is 14.6 Å². The van der Waals surface area contributed by atoms with Crippen LogP contribution in [0.3, 0.4) is 0 Å². The van der Waals surface area contributed by atoms with Crippen molar-refractivity contribution in [3.63, 3.8) is 0 Å². The second-order valence-electron chi connectivity index (χ2n) is 7.42. The summed E-state index contributed by atoms with van der Waals surface area (Å²) in [6.45, 7) is 2.06. The molecule has 0 spiro atoms. The van der Waals surface area contributed by atoms with Crippen molar-refractivity contribution in [3.8, 4) is 5.75 Å². The molecule has 0 radical (unpaired) electrons. The lowest BCUT2D eigenvalue weighted by atomic mass is 10.2. The van der Waals surface area contributed by atoms with Crippen LogP contribution in [0.2, 0.25) is 0 Å². The number of amides is 1. The van der Waals surface area contributed by atoms with E-state index in [9.17, 15) is 13.2 Å². The van der Waals surface area contributed by atoms with Gasteiger partial charge in [0, 0.05) is 22.7 Å². The number of thioether (sulfide) groups is 1. The molecule has 2 heterocycles. The van der Waals surface area contributed by atoms with Crippen molar-refractivity contribution in [1.82, 2.24) is 0 Å². The third-order valence-electron chi connectivity index (χ3n) is 5.00. The molecule has 0 saturated carbocycles. The Balaban J connectivity index is 1.56. The molecule has 7 nitrogen and oxygen atoms in total. The first kappa shape index (κ1) is 20.7. The van der Waals surface area contributed by atoms with Crippen LogP contribution in [0.25, 0.3) is 0 Å². The van der Waals surface area contributed by atoms with Gasteiger partial charge in [0.15, 0.2) is 15.0 Å². The highest BCUT2D eigenvalue weighted by atomic mass is 32.2. The molecular formula is C21H23N3O4S2. The molecule has 2 aliphatic rings. The normalized spacial score (nSPS) is 21.6. The van der Waals surface area contributed by atoms with Gasteiger partial charge in [0.1, 0.15) is 12.3 Å². The standard InChI is InChI=1S/C21H23N3O4S2/c1-14-5-3-7-16(9-14)24(21-23-18-12-30(26,27)13-19(18)29-21)11-20(25)22-15-6-4-8-17(10-15)28-2/h3-10,18-19H,11-13H2,1-2H3,(H,22,25)/t18-,19-/m0/s1. The number of aliphatic imine (C=N–C) groups is 1. The zero-order chi connectivity index (χ0) is 21.3. The Morgan fingerprint density at radius 2 is 2.03 bits per heavy atom. The number of nitrogens with zero attached hydrogens (tertiary/aromatic N) is 2. The fourth-order valence-corrected chi connectivity index (χ4v) is 7.36. The number of hydrogen-bond donors (Lipinski definition) is 1. The van der Waals surface area contributed by atoms with Crippen molar-refractivity contribution >= 4 is 44.0 Å². The average Bonchev–Trinajstić information content (AvgIpc) is 3.19. The van der Waals surface area contributed by atoms with Gasteiger partial charge in [-0.2, -0.15) is 0 Å². The molecule has 1 fully saturated rings. The molecule has 0 bridgehead atoms. The molecule has 30 heavy (non-hydrogen) atoms. The number of anilines is 2. The summed E-state index contributed by atoms with van der Waals surface area (Å²) in [5, 5.41) is 3.50. The van der Waals surface area contributed by atoms with Crippen molar-refractivity contribution in [2.45, 2.75) is 18.2 Å². The van der Waals surface area contributed by atoms with Crippen molar-refractivity contribution < 1.29 is 17.9 Å². The van der Waals surface area contributed by atoms with Gasteiger partial charge in [-0.15, -0.1) is 0 Å². The van der Waals surface area contributed by atoms with Crippen molar-refractivity contribution in [2.24, 2.45) is 4.99 Å². The van der Waals surface area contributed by atoms with Crippen molar-refractivity contribution in [2.75, 3.05) is 35.4 Å². The first-order valence-corrected chi connectivity index (χ1v) is 12.3. The lowest BCUT2D eigenvalue weighted by molar-refractivity contribution is -0.114. The Kier molecular flexibility index (Phi) is 5.75. The Bertz CT molecular complexity index is 1100. The Labute approximate surface area is 180 Å². The lowest BCUT2D eigenvalue weighted by Gasteiger charge is -2.24. The van der Waals surface area contributed by atoms with E-state index in [0.717, 1.165) is 11.3 Å². The first-order valence-electron chi connectivity index (χ1n) is 9.56. The van der Waals surface area contributed by atoms with Crippen molar-refractivity contribution in [3.05, 3.63) is 54.1 Å². The number of carbonyl (C=O) groups excluding carboxylic acids is 1. The van der Waals surface area contributed by atoms with Gasteiger partial charge in [0.2, 0.25) is 5.91 Å². The van der Waals surface area contributed by atoms with E-state index in [1.54, 1.807) is 19.2 Å². The molecule has 158 valence electrons. The molecule has 1 amide bonds. The predicted molar refractivity (Wildman–Crippen MR) is 121 cm³/mol. The molecule has 9 heteroatoms. The summed E-state index contributed by atoms with van der Waals surface area (Å²) < 4.78 is 29.0. The van der Waals surface area contributed by atoms with Crippen LogP contribution in [0.5, 0.6) is 5.75 Å². The molecule has 1 saturated heterocycles. The third-order valence-corrected chi connectivity index (χ3v) is 8.25. The smallest absolute Gasteiger partial charge is 0.244 e. The van der Waals surface area contributed by atoms with Crippen molar-refractivity contribution in [1.29, 1.82) is 0 Å². The highest BCUT2D eigenvalue weighted by Gasteiger charge is 2.44. The molecular weight excluding hydrogens is 422 g/mol. The zero-order valence-electron chi connectivity index (χ0n) is 16.7. The quantitative estimate of drug-likeness (QED) is 0.761. The number of ether oxygens (including phenoxy) is 1. The number of amidine groups is 1. The van der Waals surface area contributed by atoms with E-state index in [1.807, 2.05) is 48.2 Å². The highest BCUT2D eigenvalue weighted by molar-refractivity contribution is 8.15. The monoisotopic (exact) mass is 445 g/mol. The van der Waals surface area contributed by atoms with Gasteiger partial charge in [-0.1, -0.05) is 30.0 Å². The van der Waals surface area contributed by atoms with E-state index in [1.165, 1.54) is 11.8 Å². The van der Waals surface area contributed by atoms with E-state index >= 15 is 0 Å². The fourth-order valence-electron chi connectivity index (χ4n) is 3.58. The molecule has 0 aromatic heterocycles. The van der Waals surface area contributed by atoms with Crippen LogP contribution in [0.1, 0.15) is 5.56 Å². The zero-order valence-corrected chi connectivity index (χ0v) is 18.4. The summed E-state index contributed by atoms with van der Waals surface area (Å²) in [4.78, 5) is 19.4.